The van der Waals surface area contributed by atoms with E-state index in [9.17, 15) is 23.9 Å². The molecule has 10 heteroatoms. The molecule has 174 valence electrons. The number of ketones is 1. The first kappa shape index (κ1) is 25.7. The number of halogens is 2. The molecule has 0 aliphatic heterocycles. The maximum absolute atomic E-state index is 14.1. The summed E-state index contributed by atoms with van der Waals surface area (Å²) < 4.78 is 14.1. The van der Waals surface area contributed by atoms with Crippen molar-refractivity contribution in [2.45, 2.75) is 31.9 Å². The third kappa shape index (κ3) is 7.51. The van der Waals surface area contributed by atoms with E-state index in [1.54, 1.807) is 24.3 Å². The zero-order valence-electron chi connectivity index (χ0n) is 17.6. The first-order valence-electron chi connectivity index (χ1n) is 9.80. The van der Waals surface area contributed by atoms with Gasteiger partial charge in [-0.2, -0.15) is 0 Å². The molecular weight excluding hydrogens is 453 g/mol. The van der Waals surface area contributed by atoms with Gasteiger partial charge in [0, 0.05) is 30.0 Å². The Kier molecular flexibility index (Phi) is 8.84. The van der Waals surface area contributed by atoms with E-state index in [4.69, 9.17) is 27.9 Å². The van der Waals surface area contributed by atoms with E-state index in [2.05, 4.69) is 5.32 Å². The Morgan fingerprint density at radius 2 is 1.85 bits per heavy atom. The topological polar surface area (TPSA) is 154 Å². The van der Waals surface area contributed by atoms with Crippen LogP contribution in [0.4, 0.5) is 4.39 Å². The number of nitrogens with one attached hydrogen (secondary N) is 2. The number of carboxylic acids is 1. The number of carboxylic acid groups (broad SMARTS) is 1. The number of hydrogen-bond donors (Lipinski definition) is 5. The fraction of sp³-hybridized carbons (Fsp3) is 0.217. The largest absolute Gasteiger partial charge is 0.479 e. The van der Waals surface area contributed by atoms with Gasteiger partial charge in [0.25, 0.3) is 5.91 Å². The van der Waals surface area contributed by atoms with Crippen molar-refractivity contribution in [3.63, 3.8) is 0 Å². The van der Waals surface area contributed by atoms with Gasteiger partial charge in [-0.25, -0.2) is 9.18 Å². The number of allylic oxidation sites excluding steroid dienone is 1. The SMILES string of the molecule is CC(=O)/C(N)=C/C(=N)C(=O)N[C@H](Cc1ccc(-c2cc(Cl)ccc2F)cc1)C[C@@H](O)C(=O)O. The lowest BCUT2D eigenvalue weighted by Gasteiger charge is -2.20. The van der Waals surface area contributed by atoms with Crippen LogP contribution in [0.15, 0.2) is 54.2 Å². The quantitative estimate of drug-likeness (QED) is 0.263. The molecule has 0 saturated heterocycles. The molecule has 0 aliphatic rings. The van der Waals surface area contributed by atoms with Crippen molar-refractivity contribution in [2.24, 2.45) is 5.73 Å². The number of aliphatic hydroxyl groups is 1. The summed E-state index contributed by atoms with van der Waals surface area (Å²) in [6, 6.07) is 9.96. The molecule has 2 rings (SSSR count). The summed E-state index contributed by atoms with van der Waals surface area (Å²) in [6.45, 7) is 1.18. The Morgan fingerprint density at radius 3 is 2.42 bits per heavy atom. The van der Waals surface area contributed by atoms with Crippen molar-refractivity contribution < 1.29 is 29.0 Å². The predicted octanol–water partition coefficient (Wildman–Crippen LogP) is 2.46. The van der Waals surface area contributed by atoms with Gasteiger partial charge in [0.2, 0.25) is 0 Å². The maximum atomic E-state index is 14.1. The van der Waals surface area contributed by atoms with Crippen LogP contribution in [0.25, 0.3) is 11.1 Å². The van der Waals surface area contributed by atoms with Gasteiger partial charge in [-0.3, -0.25) is 15.0 Å². The number of carbonyl (C=O) groups is 3. The van der Waals surface area contributed by atoms with E-state index in [1.165, 1.54) is 25.1 Å². The summed E-state index contributed by atoms with van der Waals surface area (Å²) in [5.41, 5.74) is 6.12. The van der Waals surface area contributed by atoms with Crippen molar-refractivity contribution in [1.29, 1.82) is 5.41 Å². The molecule has 0 bridgehead atoms. The fourth-order valence-corrected chi connectivity index (χ4v) is 3.15. The van der Waals surface area contributed by atoms with Gasteiger partial charge >= 0.3 is 5.97 Å². The fourth-order valence-electron chi connectivity index (χ4n) is 2.97. The van der Waals surface area contributed by atoms with E-state index >= 15 is 0 Å². The van der Waals surface area contributed by atoms with Gasteiger partial charge in [-0.05, 0) is 41.8 Å². The lowest BCUT2D eigenvalue weighted by Crippen LogP contribution is -2.43. The van der Waals surface area contributed by atoms with Crippen molar-refractivity contribution in [3.8, 4) is 11.1 Å². The van der Waals surface area contributed by atoms with Crippen LogP contribution >= 0.6 is 11.6 Å². The van der Waals surface area contributed by atoms with E-state index < -0.39 is 41.3 Å². The molecule has 2 atom stereocenters. The third-order valence-electron chi connectivity index (χ3n) is 4.75. The maximum Gasteiger partial charge on any atom is 0.332 e. The minimum Gasteiger partial charge on any atom is -0.479 e. The Morgan fingerprint density at radius 1 is 1.21 bits per heavy atom. The summed E-state index contributed by atoms with van der Waals surface area (Å²) in [7, 11) is 0. The van der Waals surface area contributed by atoms with Crippen molar-refractivity contribution >= 4 is 35.0 Å². The first-order valence-corrected chi connectivity index (χ1v) is 10.2. The molecule has 6 N–H and O–H groups in total. The van der Waals surface area contributed by atoms with Crippen LogP contribution in [-0.4, -0.2) is 45.7 Å². The first-order chi connectivity index (χ1) is 15.5. The Labute approximate surface area is 194 Å². The molecule has 33 heavy (non-hydrogen) atoms. The molecular formula is C23H23ClFN3O5. The summed E-state index contributed by atoms with van der Waals surface area (Å²) >= 11 is 5.94. The molecule has 0 radical (unpaired) electrons. The van der Waals surface area contributed by atoms with Crippen LogP contribution in [0.5, 0.6) is 0 Å². The summed E-state index contributed by atoms with van der Waals surface area (Å²) in [6.07, 6.45) is -1.06. The minimum atomic E-state index is -1.75. The van der Waals surface area contributed by atoms with Gasteiger partial charge in [0.05, 0.1) is 5.70 Å². The monoisotopic (exact) mass is 475 g/mol. The number of hydrogen-bond acceptors (Lipinski definition) is 6. The highest BCUT2D eigenvalue weighted by Gasteiger charge is 2.23. The molecule has 1 amide bonds. The van der Waals surface area contributed by atoms with Gasteiger partial charge in [-0.1, -0.05) is 35.9 Å². The lowest BCUT2D eigenvalue weighted by atomic mass is 9.97. The molecule has 2 aromatic rings. The van der Waals surface area contributed by atoms with E-state index in [0.29, 0.717) is 21.7 Å². The number of carbonyl (C=O) groups excluding carboxylic acids is 2. The molecule has 0 saturated carbocycles. The molecule has 0 heterocycles. The highest BCUT2D eigenvalue weighted by Crippen LogP contribution is 2.26. The Bertz CT molecular complexity index is 1100. The Balaban J connectivity index is 2.20. The standard InChI is InChI=1S/C23H23ClFN3O5/c1-12(29)19(26)11-20(27)22(31)28-16(10-21(30)23(32)33)8-13-2-4-14(5-3-13)17-9-15(24)6-7-18(17)25/h2-7,9,11,16,21,27,30H,8,10,26H2,1H3,(H,28,31)(H,32,33)/b19-11-,27-20?/t16-,21-/m1/s1. The van der Waals surface area contributed by atoms with Crippen molar-refractivity contribution in [3.05, 3.63) is 70.6 Å². The van der Waals surface area contributed by atoms with E-state index in [0.717, 1.165) is 6.08 Å². The van der Waals surface area contributed by atoms with E-state index in [-0.39, 0.29) is 18.5 Å². The highest BCUT2D eigenvalue weighted by atomic mass is 35.5. The third-order valence-corrected chi connectivity index (χ3v) is 4.99. The van der Waals surface area contributed by atoms with Gasteiger partial charge in [0.1, 0.15) is 11.5 Å². The van der Waals surface area contributed by atoms with Crippen LogP contribution < -0.4 is 11.1 Å². The van der Waals surface area contributed by atoms with Gasteiger partial charge in [0.15, 0.2) is 11.9 Å². The molecule has 8 nitrogen and oxygen atoms in total. The number of aliphatic carboxylic acids is 1. The van der Waals surface area contributed by atoms with Crippen molar-refractivity contribution in [2.75, 3.05) is 0 Å². The van der Waals surface area contributed by atoms with Crippen LogP contribution in [0.2, 0.25) is 5.02 Å². The van der Waals surface area contributed by atoms with Crippen LogP contribution in [0.3, 0.4) is 0 Å². The molecule has 0 fully saturated rings. The van der Waals surface area contributed by atoms with E-state index in [1.807, 2.05) is 0 Å². The molecule has 0 spiro atoms. The lowest BCUT2D eigenvalue weighted by molar-refractivity contribution is -0.147. The smallest absolute Gasteiger partial charge is 0.332 e. The zero-order valence-corrected chi connectivity index (χ0v) is 18.4. The summed E-state index contributed by atoms with van der Waals surface area (Å²) in [5.74, 6) is -3.31. The second-order valence-electron chi connectivity index (χ2n) is 7.35. The van der Waals surface area contributed by atoms with Gasteiger partial charge in [-0.15, -0.1) is 0 Å². The molecule has 0 aliphatic carbocycles. The summed E-state index contributed by atoms with van der Waals surface area (Å²) in [5, 5.41) is 29.4. The number of aliphatic hydroxyl groups excluding tert-OH is 1. The summed E-state index contributed by atoms with van der Waals surface area (Å²) in [4.78, 5) is 34.6. The average molecular weight is 476 g/mol. The van der Waals surface area contributed by atoms with Gasteiger partial charge < -0.3 is 21.3 Å². The van der Waals surface area contributed by atoms with Crippen LogP contribution in [0, 0.1) is 11.2 Å². The second kappa shape index (κ2) is 11.3. The number of Topliss-reactive ketones (excluding diaryl/α,β-unsaturated/α-hetero) is 1. The molecule has 0 aromatic heterocycles. The van der Waals surface area contributed by atoms with Crippen LogP contribution in [-0.2, 0) is 20.8 Å². The second-order valence-corrected chi connectivity index (χ2v) is 7.79. The average Bonchev–Trinajstić information content (AvgIpc) is 2.75. The number of nitrogens with two attached hydrogens (primary N) is 1. The number of amides is 1. The van der Waals surface area contributed by atoms with Crippen molar-refractivity contribution in [1.82, 2.24) is 5.32 Å². The highest BCUT2D eigenvalue weighted by molar-refractivity contribution is 6.42. The molecule has 0 unspecified atom stereocenters. The zero-order chi connectivity index (χ0) is 24.7. The predicted molar refractivity (Wildman–Crippen MR) is 121 cm³/mol. The normalized spacial score (nSPS) is 13.2. The molecule has 2 aromatic carbocycles. The number of benzene rings is 2. The minimum absolute atomic E-state index is 0.119. The van der Waals surface area contributed by atoms with Crippen LogP contribution in [0.1, 0.15) is 18.9 Å². The number of rotatable bonds is 10. The Hall–Kier alpha value is -3.56.